The normalized spacial score (nSPS) is 19.2. The Bertz CT molecular complexity index is 1870. The molecule has 0 radical (unpaired) electrons. The SMILES string of the molecule is [C-]#[N+]c1c(C(=O)OC2C(C)CC(C)CC2C)c2nc(-c3cc(NS(C)(=O)=O)ccc3OC)[nH]n2c1OC(=O)N(CCC#N)CCC#N. The molecule has 47 heavy (non-hydrogen) atoms. The van der Waals surface area contributed by atoms with E-state index in [0.29, 0.717) is 17.2 Å². The molecule has 1 fully saturated rings. The number of anilines is 1. The average Bonchev–Trinajstić information content (AvgIpc) is 3.55. The number of methoxy groups -OCH3 is 1. The van der Waals surface area contributed by atoms with Crippen molar-refractivity contribution in [1.29, 1.82) is 10.5 Å². The topological polar surface area (TPSA) is 196 Å². The molecule has 15 nitrogen and oxygen atoms in total. The number of amides is 1. The van der Waals surface area contributed by atoms with Crippen molar-refractivity contribution in [3.63, 3.8) is 0 Å². The van der Waals surface area contributed by atoms with E-state index in [-0.39, 0.29) is 72.1 Å². The standard InChI is InChI=1S/C31H36N8O7S/c1-18-15-19(2)26(20(3)16-18)45-30(40)24-25(34-4)29(46-31(41)38(13-7-11-32)14-8-12-33)39-28(24)35-27(36-39)22-17-21(37-47(6,42)43)9-10-23(22)44-5/h9-10,17-20,26,37H,7-8,13-16H2,1-3,5-6H3,(H,35,36). The van der Waals surface area contributed by atoms with Crippen LogP contribution in [0.1, 0.15) is 56.8 Å². The van der Waals surface area contributed by atoms with E-state index in [0.717, 1.165) is 28.5 Å². The number of benzene rings is 1. The van der Waals surface area contributed by atoms with Gasteiger partial charge in [0.25, 0.3) is 5.69 Å². The fraction of sp³-hybridized carbons (Fsp3) is 0.484. The lowest BCUT2D eigenvalue weighted by atomic mass is 9.75. The van der Waals surface area contributed by atoms with Gasteiger partial charge in [0.1, 0.15) is 17.4 Å². The van der Waals surface area contributed by atoms with Crippen molar-refractivity contribution in [2.75, 3.05) is 31.2 Å². The summed E-state index contributed by atoms with van der Waals surface area (Å²) in [6.45, 7) is 14.1. The summed E-state index contributed by atoms with van der Waals surface area (Å²) >= 11 is 0. The average molecular weight is 665 g/mol. The number of nitriles is 2. The predicted molar refractivity (Wildman–Crippen MR) is 170 cm³/mol. The highest BCUT2D eigenvalue weighted by atomic mass is 32.2. The third-order valence-electron chi connectivity index (χ3n) is 7.93. The van der Waals surface area contributed by atoms with Crippen LogP contribution in [0.25, 0.3) is 21.9 Å². The van der Waals surface area contributed by atoms with Crippen LogP contribution in [-0.2, 0) is 14.8 Å². The van der Waals surface area contributed by atoms with E-state index in [1.165, 1.54) is 25.3 Å². The molecular formula is C31H36N8O7S. The van der Waals surface area contributed by atoms with Crippen molar-refractivity contribution in [1.82, 2.24) is 19.5 Å². The van der Waals surface area contributed by atoms with Crippen LogP contribution in [-0.4, -0.2) is 72.5 Å². The number of aromatic nitrogens is 3. The Morgan fingerprint density at radius 1 is 1.17 bits per heavy atom. The first-order valence-corrected chi connectivity index (χ1v) is 16.8. The second-order valence-corrected chi connectivity index (χ2v) is 13.5. The first-order chi connectivity index (χ1) is 22.3. The van der Waals surface area contributed by atoms with Gasteiger partial charge in [-0.3, -0.25) is 9.82 Å². The molecule has 1 amide bonds. The van der Waals surface area contributed by atoms with Gasteiger partial charge >= 0.3 is 12.1 Å². The molecule has 2 unspecified atom stereocenters. The van der Waals surface area contributed by atoms with E-state index in [1.807, 2.05) is 26.0 Å². The Morgan fingerprint density at radius 2 is 1.81 bits per heavy atom. The molecule has 0 saturated heterocycles. The zero-order chi connectivity index (χ0) is 34.5. The van der Waals surface area contributed by atoms with Crippen LogP contribution in [0.15, 0.2) is 18.2 Å². The van der Waals surface area contributed by atoms with Gasteiger partial charge in [0, 0.05) is 18.8 Å². The molecule has 0 spiro atoms. The third kappa shape index (κ3) is 7.76. The number of hydrogen-bond acceptors (Lipinski definition) is 10. The summed E-state index contributed by atoms with van der Waals surface area (Å²) in [6.07, 6.45) is 1.29. The minimum atomic E-state index is -3.63. The molecule has 1 aromatic carbocycles. The molecule has 16 heteroatoms. The first kappa shape index (κ1) is 34.6. The van der Waals surface area contributed by atoms with Crippen LogP contribution in [0.4, 0.5) is 16.2 Å². The van der Waals surface area contributed by atoms with Gasteiger partial charge < -0.3 is 19.1 Å². The maximum absolute atomic E-state index is 13.9. The summed E-state index contributed by atoms with van der Waals surface area (Å²) in [4.78, 5) is 36.5. The fourth-order valence-electron chi connectivity index (χ4n) is 6.07. The lowest BCUT2D eigenvalue weighted by Crippen LogP contribution is -2.37. The molecular weight excluding hydrogens is 628 g/mol. The predicted octanol–water partition coefficient (Wildman–Crippen LogP) is 5.12. The summed E-state index contributed by atoms with van der Waals surface area (Å²) in [7, 11) is -2.22. The minimum absolute atomic E-state index is 0.0282. The second-order valence-electron chi connectivity index (χ2n) is 11.7. The molecule has 1 saturated carbocycles. The van der Waals surface area contributed by atoms with Gasteiger partial charge in [0.15, 0.2) is 11.5 Å². The van der Waals surface area contributed by atoms with Gasteiger partial charge in [-0.2, -0.15) is 10.5 Å². The highest BCUT2D eigenvalue weighted by Crippen LogP contribution is 2.42. The Hall–Kier alpha value is -5.27. The summed E-state index contributed by atoms with van der Waals surface area (Å²) in [5.41, 5.74) is -0.129. The monoisotopic (exact) mass is 664 g/mol. The Kier molecular flexibility index (Phi) is 10.6. The van der Waals surface area contributed by atoms with Crippen molar-refractivity contribution in [3.8, 4) is 35.2 Å². The fourth-order valence-corrected chi connectivity index (χ4v) is 6.63. The molecule has 1 aliphatic rings. The molecule has 2 atom stereocenters. The zero-order valence-corrected chi connectivity index (χ0v) is 27.5. The zero-order valence-electron chi connectivity index (χ0n) is 26.7. The molecule has 3 aromatic rings. The van der Waals surface area contributed by atoms with Gasteiger partial charge in [-0.25, -0.2) is 32.4 Å². The number of fused-ring (bicyclic) bond motifs is 1. The van der Waals surface area contributed by atoms with Crippen LogP contribution in [0.3, 0.4) is 0 Å². The molecule has 2 N–H and O–H groups in total. The summed E-state index contributed by atoms with van der Waals surface area (Å²) in [6, 6.07) is 8.38. The lowest BCUT2D eigenvalue weighted by molar-refractivity contribution is -0.0249. The van der Waals surface area contributed by atoms with Crippen molar-refractivity contribution in [2.24, 2.45) is 17.8 Å². The van der Waals surface area contributed by atoms with Crippen LogP contribution >= 0.6 is 0 Å². The van der Waals surface area contributed by atoms with E-state index < -0.39 is 28.2 Å². The number of nitrogens with one attached hydrogen (secondary N) is 2. The van der Waals surface area contributed by atoms with Crippen LogP contribution in [0, 0.1) is 47.0 Å². The highest BCUT2D eigenvalue weighted by molar-refractivity contribution is 7.92. The number of H-pyrrole nitrogens is 1. The maximum Gasteiger partial charge on any atom is 0.415 e. The lowest BCUT2D eigenvalue weighted by Gasteiger charge is -2.37. The Labute approximate surface area is 272 Å². The van der Waals surface area contributed by atoms with E-state index in [2.05, 4.69) is 26.6 Å². The van der Waals surface area contributed by atoms with Gasteiger partial charge in [-0.05, 0) is 48.8 Å². The van der Waals surface area contributed by atoms with Crippen molar-refractivity contribution in [3.05, 3.63) is 35.2 Å². The number of aromatic amines is 1. The Morgan fingerprint density at radius 3 is 2.36 bits per heavy atom. The van der Waals surface area contributed by atoms with Gasteiger partial charge in [-0.1, -0.05) is 20.8 Å². The second kappa shape index (κ2) is 14.4. The Balaban J connectivity index is 1.87. The van der Waals surface area contributed by atoms with E-state index >= 15 is 0 Å². The summed E-state index contributed by atoms with van der Waals surface area (Å²) in [5, 5.41) is 21.1. The number of rotatable bonds is 11. The maximum atomic E-state index is 13.9. The molecule has 248 valence electrons. The van der Waals surface area contributed by atoms with E-state index in [1.54, 1.807) is 0 Å². The van der Waals surface area contributed by atoms with Gasteiger partial charge in [-0.15, -0.1) is 0 Å². The number of ether oxygens (including phenoxy) is 3. The van der Waals surface area contributed by atoms with Crippen LogP contribution < -0.4 is 14.2 Å². The molecule has 0 aliphatic heterocycles. The van der Waals surface area contributed by atoms with Gasteiger partial charge in [0.05, 0.1) is 50.5 Å². The quantitative estimate of drug-likeness (QED) is 0.205. The highest BCUT2D eigenvalue weighted by Gasteiger charge is 2.38. The number of nitrogens with zero attached hydrogens (tertiary/aromatic N) is 6. The van der Waals surface area contributed by atoms with Crippen molar-refractivity contribution >= 4 is 39.1 Å². The van der Waals surface area contributed by atoms with E-state index in [9.17, 15) is 18.0 Å². The third-order valence-corrected chi connectivity index (χ3v) is 8.54. The summed E-state index contributed by atoms with van der Waals surface area (Å²) in [5.74, 6) is -0.208. The van der Waals surface area contributed by atoms with Crippen LogP contribution in [0.2, 0.25) is 0 Å². The van der Waals surface area contributed by atoms with Gasteiger partial charge in [0.2, 0.25) is 15.9 Å². The van der Waals surface area contributed by atoms with Crippen molar-refractivity contribution < 1.29 is 32.2 Å². The molecule has 4 rings (SSSR count). The van der Waals surface area contributed by atoms with Crippen molar-refractivity contribution in [2.45, 2.75) is 52.6 Å². The number of carbonyl (C=O) groups excluding carboxylic acids is 2. The smallest absolute Gasteiger partial charge is 0.415 e. The molecule has 1 aliphatic carbocycles. The van der Waals surface area contributed by atoms with Crippen LogP contribution in [0.5, 0.6) is 11.6 Å². The number of sulfonamides is 1. The number of esters is 1. The molecule has 0 bridgehead atoms. The first-order valence-electron chi connectivity index (χ1n) is 14.9. The largest absolute Gasteiger partial charge is 0.496 e. The summed E-state index contributed by atoms with van der Waals surface area (Å²) < 4.78 is 44.6. The molecule has 2 aromatic heterocycles. The number of carbonyl (C=O) groups is 2. The molecule has 2 heterocycles. The number of hydrogen-bond donors (Lipinski definition) is 2. The minimum Gasteiger partial charge on any atom is -0.496 e. The van der Waals surface area contributed by atoms with E-state index in [4.69, 9.17) is 31.3 Å².